The highest BCUT2D eigenvalue weighted by Crippen LogP contribution is 2.32. The van der Waals surface area contributed by atoms with E-state index in [1.807, 2.05) is 6.07 Å². The van der Waals surface area contributed by atoms with E-state index in [0.29, 0.717) is 15.6 Å². The zero-order valence-corrected chi connectivity index (χ0v) is 14.0. The van der Waals surface area contributed by atoms with Crippen molar-refractivity contribution in [1.82, 2.24) is 14.5 Å². The lowest BCUT2D eigenvalue weighted by Gasteiger charge is -2.16. The fraction of sp³-hybridized carbons (Fsp3) is 0.286. The summed E-state index contributed by atoms with van der Waals surface area (Å²) in [7, 11) is 0. The Morgan fingerprint density at radius 1 is 1.62 bits per heavy atom. The Labute approximate surface area is 144 Å². The van der Waals surface area contributed by atoms with Crippen molar-refractivity contribution in [3.63, 3.8) is 0 Å². The molecule has 2 aromatic rings. The second-order valence-corrected chi connectivity index (χ2v) is 5.84. The van der Waals surface area contributed by atoms with Gasteiger partial charge in [0.15, 0.2) is 0 Å². The first-order valence-electron chi connectivity index (χ1n) is 6.88. The van der Waals surface area contributed by atoms with Crippen LogP contribution in [0, 0.1) is 24.2 Å². The summed E-state index contributed by atoms with van der Waals surface area (Å²) in [6.07, 6.45) is 2.09. The van der Waals surface area contributed by atoms with Crippen molar-refractivity contribution in [3.8, 4) is 6.07 Å². The summed E-state index contributed by atoms with van der Waals surface area (Å²) in [5.41, 5.74) is 5.74. The number of nitrogen functional groups attached to an aromatic ring is 1. The van der Waals surface area contributed by atoms with Crippen LogP contribution in [0.4, 0.5) is 5.82 Å². The molecule has 0 spiro atoms. The number of hydrogen-bond acceptors (Lipinski definition) is 7. The first-order chi connectivity index (χ1) is 11.4. The van der Waals surface area contributed by atoms with Gasteiger partial charge < -0.3 is 20.2 Å². The molecule has 3 N–H and O–H groups in total. The van der Waals surface area contributed by atoms with Crippen molar-refractivity contribution in [1.29, 1.82) is 5.26 Å². The van der Waals surface area contributed by atoms with Crippen LogP contribution in [0.25, 0.3) is 11.0 Å². The van der Waals surface area contributed by atoms with Crippen molar-refractivity contribution in [2.45, 2.75) is 19.3 Å². The van der Waals surface area contributed by atoms with E-state index < -0.39 is 24.0 Å². The molecule has 1 aliphatic rings. The summed E-state index contributed by atoms with van der Waals surface area (Å²) in [5.74, 6) is -0.459. The smallest absolute Gasteiger partial charge is 0.353 e. The van der Waals surface area contributed by atoms with Gasteiger partial charge in [-0.3, -0.25) is 4.79 Å². The summed E-state index contributed by atoms with van der Waals surface area (Å²) in [6.45, 7) is 1.34. The van der Waals surface area contributed by atoms with Crippen LogP contribution in [-0.4, -0.2) is 33.2 Å². The van der Waals surface area contributed by atoms with Crippen LogP contribution in [0.3, 0.4) is 0 Å². The fourth-order valence-corrected chi connectivity index (χ4v) is 2.94. The molecule has 3 heterocycles. The van der Waals surface area contributed by atoms with Crippen molar-refractivity contribution in [2.75, 3.05) is 12.3 Å². The van der Waals surface area contributed by atoms with Gasteiger partial charge >= 0.3 is 11.7 Å². The van der Waals surface area contributed by atoms with Gasteiger partial charge in [-0.2, -0.15) is 10.2 Å². The number of halogens is 1. The van der Waals surface area contributed by atoms with Crippen molar-refractivity contribution in [2.24, 2.45) is 0 Å². The van der Waals surface area contributed by atoms with E-state index in [9.17, 15) is 14.9 Å². The van der Waals surface area contributed by atoms with Gasteiger partial charge in [-0.1, -0.05) is 0 Å². The van der Waals surface area contributed by atoms with Gasteiger partial charge in [-0.15, -0.1) is 0 Å². The molecular formula is C14H12BrN5O4. The third-order valence-electron chi connectivity index (χ3n) is 3.48. The van der Waals surface area contributed by atoms with Gasteiger partial charge in [-0.25, -0.2) is 9.36 Å². The van der Waals surface area contributed by atoms with Gasteiger partial charge in [-0.05, 0) is 15.9 Å². The van der Waals surface area contributed by atoms with Crippen molar-refractivity contribution in [3.05, 3.63) is 33.5 Å². The summed E-state index contributed by atoms with van der Waals surface area (Å²) < 4.78 is 12.2. The predicted octanol–water partition coefficient (Wildman–Crippen LogP) is 0.810. The minimum absolute atomic E-state index is 0.0387. The lowest BCUT2D eigenvalue weighted by molar-refractivity contribution is -0.145. The molecule has 0 amide bonds. The standard InChI is InChI=1S/C14H12BrN5O4/c1-6(21)23-5-7-2-3-9(24-7)20-13-10(12(17)19-14(20)22)8(4-16)11(15)18-13/h2-3,7,9,18H,5H2,1H3,(H2,17,19,22)/t7-,9-/m0/s1. The normalized spacial score (nSPS) is 20.2. The predicted molar refractivity (Wildman–Crippen MR) is 86.3 cm³/mol. The molecule has 10 heteroatoms. The molecule has 0 aliphatic carbocycles. The molecule has 0 unspecified atom stereocenters. The minimum atomic E-state index is -0.759. The Morgan fingerprint density at radius 2 is 2.38 bits per heavy atom. The van der Waals surface area contributed by atoms with Crippen LogP contribution >= 0.6 is 15.9 Å². The van der Waals surface area contributed by atoms with Gasteiger partial charge in [0.25, 0.3) is 0 Å². The fourth-order valence-electron chi connectivity index (χ4n) is 2.47. The largest absolute Gasteiger partial charge is 0.463 e. The Hall–Kier alpha value is -2.38. The molecule has 2 radical (unpaired) electrons. The Kier molecular flexibility index (Phi) is 4.29. The third-order valence-corrected chi connectivity index (χ3v) is 4.07. The van der Waals surface area contributed by atoms with Gasteiger partial charge in [0.05, 0.1) is 17.1 Å². The zero-order chi connectivity index (χ0) is 17.4. The molecule has 0 saturated carbocycles. The lowest BCUT2D eigenvalue weighted by atomic mass is 10.2. The molecule has 2 atom stereocenters. The van der Waals surface area contributed by atoms with Crippen LogP contribution < -0.4 is 11.4 Å². The van der Waals surface area contributed by atoms with Crippen molar-refractivity contribution >= 4 is 38.8 Å². The zero-order valence-electron chi connectivity index (χ0n) is 12.4. The van der Waals surface area contributed by atoms with Gasteiger partial charge in [0.2, 0.25) is 0 Å². The second-order valence-electron chi connectivity index (χ2n) is 5.05. The second kappa shape index (κ2) is 6.26. The number of esters is 1. The maximum absolute atomic E-state index is 12.3. The van der Waals surface area contributed by atoms with E-state index in [0.717, 1.165) is 0 Å². The van der Waals surface area contributed by atoms with E-state index in [4.69, 9.17) is 15.2 Å². The SMILES string of the molecule is CC(=O)OC[C@@H]1[CH][CH][C@@H](n2c(=O)nc(N)c3c(C#N)c(Br)[nH]c32)O1. The van der Waals surface area contributed by atoms with Gasteiger partial charge in [0, 0.05) is 19.8 Å². The van der Waals surface area contributed by atoms with Crippen LogP contribution in [0.15, 0.2) is 9.40 Å². The van der Waals surface area contributed by atoms with Crippen LogP contribution in [0.2, 0.25) is 0 Å². The maximum Gasteiger partial charge on any atom is 0.353 e. The number of nitrogens with zero attached hydrogens (tertiary/aromatic N) is 3. The number of H-pyrrole nitrogens is 1. The van der Waals surface area contributed by atoms with E-state index in [2.05, 4.69) is 25.9 Å². The van der Waals surface area contributed by atoms with E-state index in [1.165, 1.54) is 11.5 Å². The summed E-state index contributed by atoms with van der Waals surface area (Å²) >= 11 is 3.23. The molecule has 24 heavy (non-hydrogen) atoms. The third kappa shape index (κ3) is 2.76. The van der Waals surface area contributed by atoms with Crippen LogP contribution in [0.1, 0.15) is 18.7 Å². The topological polar surface area (TPSA) is 136 Å². The van der Waals surface area contributed by atoms with Crippen LogP contribution in [0.5, 0.6) is 0 Å². The number of hydrogen-bond donors (Lipinski definition) is 2. The average Bonchev–Trinajstić information content (AvgIpc) is 3.09. The number of carbonyl (C=O) groups is 1. The molecule has 2 aromatic heterocycles. The number of nitrogens with one attached hydrogen (secondary N) is 1. The highest BCUT2D eigenvalue weighted by Gasteiger charge is 2.31. The molecule has 1 saturated heterocycles. The number of nitrogens with two attached hydrogens (primary N) is 1. The lowest BCUT2D eigenvalue weighted by Crippen LogP contribution is -2.29. The number of aromatic nitrogens is 3. The number of aromatic amines is 1. The molecule has 124 valence electrons. The van der Waals surface area contributed by atoms with Crippen molar-refractivity contribution < 1.29 is 14.3 Å². The molecule has 1 fully saturated rings. The van der Waals surface area contributed by atoms with E-state index in [-0.39, 0.29) is 18.0 Å². The molecule has 0 bridgehead atoms. The summed E-state index contributed by atoms with van der Waals surface area (Å²) in [4.78, 5) is 29.8. The minimum Gasteiger partial charge on any atom is -0.463 e. The van der Waals surface area contributed by atoms with E-state index >= 15 is 0 Å². The number of nitriles is 1. The molecular weight excluding hydrogens is 382 g/mol. The molecule has 3 rings (SSSR count). The Morgan fingerprint density at radius 3 is 3.04 bits per heavy atom. The maximum atomic E-state index is 12.3. The number of fused-ring (bicyclic) bond motifs is 1. The molecule has 0 aromatic carbocycles. The number of carbonyl (C=O) groups excluding carboxylic acids is 1. The number of rotatable bonds is 3. The quantitative estimate of drug-likeness (QED) is 0.736. The Bertz CT molecular complexity index is 912. The van der Waals surface area contributed by atoms with Crippen LogP contribution in [-0.2, 0) is 14.3 Å². The Balaban J connectivity index is 2.00. The summed E-state index contributed by atoms with van der Waals surface area (Å²) in [6, 6.07) is 2.01. The molecule has 1 aliphatic heterocycles. The first kappa shape index (κ1) is 16.5. The monoisotopic (exact) mass is 393 g/mol. The number of ether oxygens (including phenoxy) is 2. The molecule has 9 nitrogen and oxygen atoms in total. The average molecular weight is 394 g/mol. The summed E-state index contributed by atoms with van der Waals surface area (Å²) in [5, 5.41) is 9.59. The van der Waals surface area contributed by atoms with E-state index in [1.54, 1.807) is 12.8 Å². The number of anilines is 1. The van der Waals surface area contributed by atoms with Gasteiger partial charge in [0.1, 0.15) is 35.0 Å². The highest BCUT2D eigenvalue weighted by molar-refractivity contribution is 9.10. The highest BCUT2D eigenvalue weighted by atomic mass is 79.9. The first-order valence-corrected chi connectivity index (χ1v) is 7.68.